The summed E-state index contributed by atoms with van der Waals surface area (Å²) in [6.07, 6.45) is 33.0. The topological polar surface area (TPSA) is 29.5 Å². The fourth-order valence-electron chi connectivity index (χ4n) is 2.20. The second-order valence-electron chi connectivity index (χ2n) is 5.91. The highest BCUT2D eigenvalue weighted by molar-refractivity contribution is 5.01. The summed E-state index contributed by atoms with van der Waals surface area (Å²) in [5.41, 5.74) is 0. The van der Waals surface area contributed by atoms with Crippen molar-refractivity contribution in [1.29, 1.82) is 0 Å². The second-order valence-corrected chi connectivity index (χ2v) is 5.91. The summed E-state index contributed by atoms with van der Waals surface area (Å²) in [7, 11) is 0. The van der Waals surface area contributed by atoms with E-state index in [1.807, 2.05) is 6.92 Å². The van der Waals surface area contributed by atoms with Crippen LogP contribution in [0.5, 0.6) is 0 Å². The molecule has 0 aliphatic rings. The maximum atomic E-state index is 9.11. The summed E-state index contributed by atoms with van der Waals surface area (Å²) in [5.74, 6) is 0. The van der Waals surface area contributed by atoms with E-state index in [9.17, 15) is 0 Å². The molecule has 0 saturated heterocycles. The molecule has 0 saturated carbocycles. The van der Waals surface area contributed by atoms with Gasteiger partial charge in [-0.1, -0.05) is 79.8 Å². The first-order valence-corrected chi connectivity index (χ1v) is 9.97. The summed E-state index contributed by atoms with van der Waals surface area (Å²) in [5, 5.41) is 9.11. The molecule has 26 heavy (non-hydrogen) atoms. The van der Waals surface area contributed by atoms with Gasteiger partial charge in [0.2, 0.25) is 0 Å². The summed E-state index contributed by atoms with van der Waals surface area (Å²) in [6, 6.07) is 0. The van der Waals surface area contributed by atoms with Gasteiger partial charge in [0.05, 0.1) is 12.7 Å². The van der Waals surface area contributed by atoms with Crippen molar-refractivity contribution in [3.63, 3.8) is 0 Å². The Kier molecular flexibility index (Phi) is 20.1. The molecule has 0 heterocycles. The Balaban J connectivity index is 3.61. The van der Waals surface area contributed by atoms with Crippen molar-refractivity contribution in [3.05, 3.63) is 72.9 Å². The van der Waals surface area contributed by atoms with E-state index in [1.54, 1.807) is 0 Å². The zero-order valence-electron chi connectivity index (χ0n) is 16.7. The average molecular weight is 359 g/mol. The Bertz CT molecular complexity index is 453. The van der Waals surface area contributed by atoms with E-state index in [2.05, 4.69) is 79.8 Å². The third-order valence-electron chi connectivity index (χ3n) is 3.60. The highest BCUT2D eigenvalue weighted by atomic mass is 16.5. The lowest BCUT2D eigenvalue weighted by Crippen LogP contribution is -2.16. The Morgan fingerprint density at radius 3 is 1.35 bits per heavy atom. The van der Waals surface area contributed by atoms with Gasteiger partial charge in [-0.25, -0.2) is 0 Å². The number of ether oxygens (including phenoxy) is 1. The monoisotopic (exact) mass is 358 g/mol. The molecule has 0 rings (SSSR count). The van der Waals surface area contributed by atoms with Gasteiger partial charge >= 0.3 is 0 Å². The number of rotatable bonds is 16. The Morgan fingerprint density at radius 2 is 1.00 bits per heavy atom. The predicted octanol–water partition coefficient (Wildman–Crippen LogP) is 6.47. The fraction of sp³-hybridized carbons (Fsp3) is 0.500. The van der Waals surface area contributed by atoms with Crippen molar-refractivity contribution in [2.45, 2.75) is 64.9 Å². The normalized spacial score (nSPS) is 14.4. The van der Waals surface area contributed by atoms with Crippen molar-refractivity contribution in [3.8, 4) is 0 Å². The zero-order chi connectivity index (χ0) is 19.1. The summed E-state index contributed by atoms with van der Waals surface area (Å²) in [4.78, 5) is 0. The van der Waals surface area contributed by atoms with Crippen LogP contribution in [-0.4, -0.2) is 24.4 Å². The van der Waals surface area contributed by atoms with Gasteiger partial charge in [0.1, 0.15) is 0 Å². The van der Waals surface area contributed by atoms with Gasteiger partial charge in [-0.15, -0.1) is 0 Å². The molecule has 0 aromatic carbocycles. The maximum absolute atomic E-state index is 9.11. The van der Waals surface area contributed by atoms with Crippen LogP contribution in [0, 0.1) is 0 Å². The van der Waals surface area contributed by atoms with Crippen LogP contribution < -0.4 is 0 Å². The molecule has 1 unspecified atom stereocenters. The molecule has 0 aliphatic heterocycles. The van der Waals surface area contributed by atoms with E-state index >= 15 is 0 Å². The molecule has 0 radical (unpaired) electrons. The number of hydrogen-bond donors (Lipinski definition) is 1. The van der Waals surface area contributed by atoms with E-state index < -0.39 is 0 Å². The van der Waals surface area contributed by atoms with Crippen LogP contribution in [0.2, 0.25) is 0 Å². The van der Waals surface area contributed by atoms with Crippen molar-refractivity contribution in [2.24, 2.45) is 0 Å². The summed E-state index contributed by atoms with van der Waals surface area (Å²) < 4.78 is 5.38. The van der Waals surface area contributed by atoms with Crippen LogP contribution in [0.25, 0.3) is 0 Å². The SMILES string of the molecule is CC/C=C\C/C=C\C/C=C\C/C=C\C/C=C\C/C=C\CC(CO)OCC. The lowest BCUT2D eigenvalue weighted by atomic mass is 10.2. The molecule has 0 amide bonds. The summed E-state index contributed by atoms with van der Waals surface area (Å²) in [6.45, 7) is 4.83. The molecule has 0 aromatic heterocycles. The fourth-order valence-corrected chi connectivity index (χ4v) is 2.20. The van der Waals surface area contributed by atoms with Crippen LogP contribution in [0.15, 0.2) is 72.9 Å². The lowest BCUT2D eigenvalue weighted by molar-refractivity contribution is 0.0223. The number of hydrogen-bond acceptors (Lipinski definition) is 2. The first-order valence-electron chi connectivity index (χ1n) is 9.97. The predicted molar refractivity (Wildman–Crippen MR) is 115 cm³/mol. The molecule has 1 N–H and O–H groups in total. The largest absolute Gasteiger partial charge is 0.394 e. The molecule has 146 valence electrons. The molecule has 0 fully saturated rings. The number of aliphatic hydroxyl groups excluding tert-OH is 1. The minimum Gasteiger partial charge on any atom is -0.394 e. The Hall–Kier alpha value is -1.64. The minimum absolute atomic E-state index is 0.0652. The third-order valence-corrected chi connectivity index (χ3v) is 3.60. The van der Waals surface area contributed by atoms with Crippen LogP contribution in [-0.2, 0) is 4.74 Å². The molecule has 0 aliphatic carbocycles. The van der Waals surface area contributed by atoms with Crippen LogP contribution in [0.1, 0.15) is 58.8 Å². The first-order chi connectivity index (χ1) is 12.8. The maximum Gasteiger partial charge on any atom is 0.0839 e. The molecule has 2 heteroatoms. The van der Waals surface area contributed by atoms with Crippen LogP contribution in [0.3, 0.4) is 0 Å². The van der Waals surface area contributed by atoms with E-state index in [1.165, 1.54) is 0 Å². The van der Waals surface area contributed by atoms with Crippen LogP contribution >= 0.6 is 0 Å². The molecule has 0 aromatic rings. The van der Waals surface area contributed by atoms with Crippen molar-refractivity contribution >= 4 is 0 Å². The lowest BCUT2D eigenvalue weighted by Gasteiger charge is -2.10. The third kappa shape index (κ3) is 18.7. The molecule has 0 bridgehead atoms. The van der Waals surface area contributed by atoms with E-state index in [0.717, 1.165) is 44.9 Å². The van der Waals surface area contributed by atoms with E-state index in [0.29, 0.717) is 6.61 Å². The van der Waals surface area contributed by atoms with Crippen molar-refractivity contribution in [2.75, 3.05) is 13.2 Å². The molecule has 1 atom stereocenters. The number of allylic oxidation sites excluding steroid dienone is 11. The van der Waals surface area contributed by atoms with Gasteiger partial charge in [0.15, 0.2) is 0 Å². The molecule has 0 spiro atoms. The standard InChI is InChI=1S/C24H38O2/c1-3-5-6-7-8-9-10-11-12-13-14-15-16-17-18-19-20-21-22-24(23-25)26-4-2/h5-6,8-9,11-12,14-15,17-18,20-21,24-25H,3-4,7,10,13,16,19,22-23H2,1-2H3/b6-5-,9-8-,12-11-,15-14-,18-17-,21-20-. The van der Waals surface area contributed by atoms with Gasteiger partial charge in [-0.05, 0) is 51.9 Å². The number of aliphatic hydroxyl groups is 1. The molecule has 2 nitrogen and oxygen atoms in total. The van der Waals surface area contributed by atoms with E-state index in [4.69, 9.17) is 9.84 Å². The van der Waals surface area contributed by atoms with Gasteiger partial charge in [-0.2, -0.15) is 0 Å². The molecular formula is C24H38O2. The smallest absolute Gasteiger partial charge is 0.0839 e. The second kappa shape index (κ2) is 21.4. The van der Waals surface area contributed by atoms with Crippen molar-refractivity contribution in [1.82, 2.24) is 0 Å². The van der Waals surface area contributed by atoms with Gasteiger partial charge in [0, 0.05) is 6.61 Å². The van der Waals surface area contributed by atoms with E-state index in [-0.39, 0.29) is 12.7 Å². The highest BCUT2D eigenvalue weighted by Crippen LogP contribution is 2.00. The molecular weight excluding hydrogens is 320 g/mol. The minimum atomic E-state index is -0.0652. The Morgan fingerprint density at radius 1 is 0.615 bits per heavy atom. The van der Waals surface area contributed by atoms with Crippen molar-refractivity contribution < 1.29 is 9.84 Å². The first kappa shape index (κ1) is 24.4. The highest BCUT2D eigenvalue weighted by Gasteiger charge is 2.02. The zero-order valence-corrected chi connectivity index (χ0v) is 16.7. The van der Waals surface area contributed by atoms with Crippen LogP contribution in [0.4, 0.5) is 0 Å². The average Bonchev–Trinajstić information content (AvgIpc) is 2.66. The van der Waals surface area contributed by atoms with Gasteiger partial charge in [0.25, 0.3) is 0 Å². The summed E-state index contributed by atoms with van der Waals surface area (Å²) >= 11 is 0. The van der Waals surface area contributed by atoms with Gasteiger partial charge < -0.3 is 9.84 Å². The van der Waals surface area contributed by atoms with Gasteiger partial charge in [-0.3, -0.25) is 0 Å². The Labute approximate surface area is 161 Å². The quantitative estimate of drug-likeness (QED) is 0.320.